The Hall–Kier alpha value is -2.97. The Morgan fingerprint density at radius 2 is 1.36 bits per heavy atom. The molecule has 3 aromatic carbocycles. The summed E-state index contributed by atoms with van der Waals surface area (Å²) in [5.41, 5.74) is 4.08. The summed E-state index contributed by atoms with van der Waals surface area (Å²) >= 11 is 5.98. The van der Waals surface area contributed by atoms with E-state index >= 15 is 0 Å². The summed E-state index contributed by atoms with van der Waals surface area (Å²) in [4.78, 5) is -0.275. The van der Waals surface area contributed by atoms with Gasteiger partial charge >= 0.3 is 0 Å². The van der Waals surface area contributed by atoms with Crippen molar-refractivity contribution in [3.05, 3.63) is 90.0 Å². The van der Waals surface area contributed by atoms with Crippen molar-refractivity contribution >= 4 is 21.7 Å². The van der Waals surface area contributed by atoms with Crippen LogP contribution in [-0.2, 0) is 10.1 Å². The van der Waals surface area contributed by atoms with Crippen LogP contribution in [0.25, 0.3) is 28.2 Å². The molecule has 0 amide bonds. The highest BCUT2D eigenvalue weighted by Crippen LogP contribution is 2.29. The first-order valence-electron chi connectivity index (χ1n) is 10.2. The summed E-state index contributed by atoms with van der Waals surface area (Å²) in [5.74, 6) is 0. The van der Waals surface area contributed by atoms with Gasteiger partial charge in [-0.25, -0.2) is 13.1 Å². The van der Waals surface area contributed by atoms with Gasteiger partial charge in [-0.3, -0.25) is 0 Å². The fourth-order valence-corrected chi connectivity index (χ4v) is 3.50. The molecule has 0 unspecified atom stereocenters. The molecule has 0 radical (unpaired) electrons. The highest BCUT2D eigenvalue weighted by molar-refractivity contribution is 7.85. The van der Waals surface area contributed by atoms with Crippen molar-refractivity contribution in [1.82, 2.24) is 9.78 Å². The van der Waals surface area contributed by atoms with Gasteiger partial charge < -0.3 is 9.04 Å². The zero-order chi connectivity index (χ0) is 24.2. The van der Waals surface area contributed by atoms with E-state index in [0.29, 0.717) is 10.7 Å². The molecule has 0 saturated carbocycles. The summed E-state index contributed by atoms with van der Waals surface area (Å²) in [6.45, 7) is 0. The van der Waals surface area contributed by atoms with Gasteiger partial charge in [0.25, 0.3) is 0 Å². The Labute approximate surface area is 200 Å². The molecule has 33 heavy (non-hydrogen) atoms. The van der Waals surface area contributed by atoms with E-state index in [1.807, 2.05) is 48.5 Å². The van der Waals surface area contributed by atoms with Gasteiger partial charge in [0.2, 0.25) is 0 Å². The third kappa shape index (κ3) is 7.00. The average molecular weight is 484 g/mol. The third-order valence-corrected chi connectivity index (χ3v) is 5.39. The van der Waals surface area contributed by atoms with Crippen LogP contribution in [0.5, 0.6) is 0 Å². The maximum Gasteiger partial charge on any atom is 0.124 e. The topological polar surface area (TPSA) is 75.0 Å². The van der Waals surface area contributed by atoms with Crippen LogP contribution in [0, 0.1) is 0 Å². The van der Waals surface area contributed by atoms with Crippen LogP contribution >= 0.6 is 11.6 Å². The predicted octanol–water partition coefficient (Wildman–Crippen LogP) is 5.09. The molecule has 0 saturated heterocycles. The number of halogens is 1. The van der Waals surface area contributed by atoms with Gasteiger partial charge in [0.05, 0.1) is 50.2 Å². The van der Waals surface area contributed by atoms with Crippen LogP contribution in [0.1, 0.15) is 0 Å². The molecular formula is C25H26ClN3O3S. The Balaban J connectivity index is 0.000000555. The fourth-order valence-electron chi connectivity index (χ4n) is 2.91. The lowest BCUT2D eigenvalue weighted by Crippen LogP contribution is -2.27. The van der Waals surface area contributed by atoms with Crippen molar-refractivity contribution in [3.63, 3.8) is 0 Å². The van der Waals surface area contributed by atoms with Crippen LogP contribution in [-0.4, -0.2) is 55.4 Å². The number of nitrogens with zero attached hydrogens (tertiary/aromatic N) is 3. The molecule has 0 aliphatic heterocycles. The first-order valence-corrected chi connectivity index (χ1v) is 12.0. The van der Waals surface area contributed by atoms with Crippen LogP contribution in [0.4, 0.5) is 0 Å². The van der Waals surface area contributed by atoms with Crippen molar-refractivity contribution in [2.75, 3.05) is 28.2 Å². The van der Waals surface area contributed by atoms with Gasteiger partial charge in [0.1, 0.15) is 10.1 Å². The van der Waals surface area contributed by atoms with E-state index in [-0.39, 0.29) is 4.90 Å². The molecule has 1 aromatic heterocycles. The average Bonchev–Trinajstić information content (AvgIpc) is 3.19. The van der Waals surface area contributed by atoms with Gasteiger partial charge in [0, 0.05) is 16.1 Å². The van der Waals surface area contributed by atoms with E-state index < -0.39 is 10.1 Å². The van der Waals surface area contributed by atoms with Crippen molar-refractivity contribution in [2.24, 2.45) is 0 Å². The molecule has 4 rings (SSSR count). The second-order valence-electron chi connectivity index (χ2n) is 8.83. The van der Waals surface area contributed by atoms with Crippen molar-refractivity contribution < 1.29 is 17.5 Å². The van der Waals surface area contributed by atoms with Gasteiger partial charge in [0.15, 0.2) is 0 Å². The van der Waals surface area contributed by atoms with Gasteiger partial charge in [-0.1, -0.05) is 54.1 Å². The highest BCUT2D eigenvalue weighted by Gasteiger charge is 2.13. The molecule has 8 heteroatoms. The molecule has 0 aliphatic rings. The van der Waals surface area contributed by atoms with Crippen molar-refractivity contribution in [3.8, 4) is 28.2 Å². The quantitative estimate of drug-likeness (QED) is 0.299. The number of rotatable bonds is 4. The zero-order valence-corrected chi connectivity index (χ0v) is 20.5. The molecule has 4 aromatic rings. The molecular weight excluding hydrogens is 458 g/mol. The molecule has 0 N–H and O–H groups in total. The summed E-state index contributed by atoms with van der Waals surface area (Å²) in [6.07, 6.45) is 0. The summed E-state index contributed by atoms with van der Waals surface area (Å²) in [7, 11) is 4.00. The molecule has 0 fully saturated rings. The predicted molar refractivity (Wildman–Crippen MR) is 131 cm³/mol. The first kappa shape index (κ1) is 24.7. The van der Waals surface area contributed by atoms with Crippen LogP contribution in [0.15, 0.2) is 89.8 Å². The lowest BCUT2D eigenvalue weighted by Gasteiger charge is -2.14. The van der Waals surface area contributed by atoms with E-state index in [4.69, 9.17) is 16.7 Å². The fraction of sp³-hybridized carbons (Fsp3) is 0.160. The van der Waals surface area contributed by atoms with Crippen LogP contribution < -0.4 is 0 Å². The third-order valence-electron chi connectivity index (χ3n) is 4.29. The number of hydrogen-bond acceptors (Lipinski definition) is 4. The van der Waals surface area contributed by atoms with Crippen LogP contribution in [0.3, 0.4) is 0 Å². The SMILES string of the molecule is C[N+](C)(C)C.O=S(=O)([O-])c1ccc(-n2nc(-c3ccc(Cl)cc3)cc2-c2ccccc2)cc1. The standard InChI is InChI=1S/C21H15ClN2O3S.C4H12N/c22-17-8-6-15(7-9-17)20-14-21(16-4-2-1-3-5-16)24(23-20)18-10-12-19(13-11-18)28(25,26)27;1-5(2,3)4/h1-14H,(H,25,26,27);1-4H3/q;+1/p-1. The lowest BCUT2D eigenvalue weighted by molar-refractivity contribution is -0.849. The van der Waals surface area contributed by atoms with E-state index in [1.54, 1.807) is 28.9 Å². The number of aromatic nitrogens is 2. The van der Waals surface area contributed by atoms with Gasteiger partial charge in [-0.15, -0.1) is 0 Å². The highest BCUT2D eigenvalue weighted by atomic mass is 35.5. The summed E-state index contributed by atoms with van der Waals surface area (Å²) in [5, 5.41) is 5.33. The maximum absolute atomic E-state index is 11.2. The minimum atomic E-state index is -4.50. The Morgan fingerprint density at radius 1 is 0.818 bits per heavy atom. The first-order chi connectivity index (χ1) is 15.4. The van der Waals surface area contributed by atoms with E-state index in [0.717, 1.165) is 27.0 Å². The second kappa shape index (κ2) is 9.89. The Kier molecular flexibility index (Phi) is 7.39. The molecule has 0 bridgehead atoms. The molecule has 6 nitrogen and oxygen atoms in total. The van der Waals surface area contributed by atoms with E-state index in [9.17, 15) is 13.0 Å². The number of quaternary nitrogens is 1. The minimum Gasteiger partial charge on any atom is -0.744 e. The van der Waals surface area contributed by atoms with Gasteiger partial charge in [-0.05, 0) is 42.5 Å². The largest absolute Gasteiger partial charge is 0.744 e. The zero-order valence-electron chi connectivity index (χ0n) is 18.9. The normalized spacial score (nSPS) is 11.6. The molecule has 0 atom stereocenters. The Bertz CT molecular complexity index is 1300. The maximum atomic E-state index is 11.2. The lowest BCUT2D eigenvalue weighted by atomic mass is 10.1. The minimum absolute atomic E-state index is 0.275. The Morgan fingerprint density at radius 3 is 1.88 bits per heavy atom. The molecule has 0 aliphatic carbocycles. The number of benzene rings is 3. The summed E-state index contributed by atoms with van der Waals surface area (Å²) < 4.78 is 36.3. The molecule has 172 valence electrons. The monoisotopic (exact) mass is 483 g/mol. The van der Waals surface area contributed by atoms with E-state index in [2.05, 4.69) is 28.2 Å². The number of hydrogen-bond donors (Lipinski definition) is 0. The van der Waals surface area contributed by atoms with Crippen molar-refractivity contribution in [2.45, 2.75) is 4.90 Å². The molecule has 0 spiro atoms. The van der Waals surface area contributed by atoms with E-state index in [1.165, 1.54) is 12.1 Å². The summed E-state index contributed by atoms with van der Waals surface area (Å²) in [6, 6.07) is 24.8. The smallest absolute Gasteiger partial charge is 0.124 e. The van der Waals surface area contributed by atoms with Gasteiger partial charge in [-0.2, -0.15) is 5.10 Å². The molecule has 1 heterocycles. The second-order valence-corrected chi connectivity index (χ2v) is 10.6. The van der Waals surface area contributed by atoms with Crippen molar-refractivity contribution in [1.29, 1.82) is 0 Å². The van der Waals surface area contributed by atoms with Crippen LogP contribution in [0.2, 0.25) is 5.02 Å².